The van der Waals surface area contributed by atoms with Crippen LogP contribution in [0.5, 0.6) is 0 Å². The van der Waals surface area contributed by atoms with Gasteiger partial charge in [-0.15, -0.1) is 0 Å². The molecule has 0 aliphatic carbocycles. The normalized spacial score (nSPS) is 17.9. The highest BCUT2D eigenvalue weighted by Crippen LogP contribution is 2.22. The van der Waals surface area contributed by atoms with E-state index in [4.69, 9.17) is 4.74 Å². The zero-order chi connectivity index (χ0) is 19.0. The van der Waals surface area contributed by atoms with Gasteiger partial charge in [0, 0.05) is 25.3 Å². The lowest BCUT2D eigenvalue weighted by atomic mass is 10.0. The number of hydrogen-bond donors (Lipinski definition) is 1. The van der Waals surface area contributed by atoms with Gasteiger partial charge >= 0.3 is 5.69 Å². The molecule has 2 aromatic rings. The lowest BCUT2D eigenvalue weighted by molar-refractivity contribution is -0.0123. The number of ether oxygens (including phenoxy) is 1. The van der Waals surface area contributed by atoms with E-state index >= 15 is 0 Å². The number of amides is 1. The highest BCUT2D eigenvalue weighted by Gasteiger charge is 2.27. The van der Waals surface area contributed by atoms with Crippen LogP contribution in [0.25, 0.3) is 11.0 Å². The molecule has 0 bridgehead atoms. The van der Waals surface area contributed by atoms with Crippen molar-refractivity contribution < 1.29 is 9.53 Å². The Bertz CT molecular complexity index is 960. The van der Waals surface area contributed by atoms with Crippen molar-refractivity contribution in [2.24, 2.45) is 0 Å². The average molecular weight is 360 g/mol. The van der Waals surface area contributed by atoms with Crippen LogP contribution in [0.15, 0.2) is 15.7 Å². The van der Waals surface area contributed by atoms with Gasteiger partial charge in [0.15, 0.2) is 5.65 Å². The topological polar surface area (TPSA) is 97.3 Å². The van der Waals surface area contributed by atoms with Crippen molar-refractivity contribution in [1.29, 1.82) is 0 Å². The van der Waals surface area contributed by atoms with Crippen LogP contribution in [-0.2, 0) is 11.3 Å². The molecule has 8 heteroatoms. The zero-order valence-electron chi connectivity index (χ0n) is 15.5. The van der Waals surface area contributed by atoms with Crippen LogP contribution in [0.2, 0.25) is 0 Å². The fourth-order valence-corrected chi connectivity index (χ4v) is 3.22. The molecule has 1 atom stereocenters. The molecule has 1 saturated heterocycles. The summed E-state index contributed by atoms with van der Waals surface area (Å²) in [6, 6.07) is 1.68. The van der Waals surface area contributed by atoms with Crippen molar-refractivity contribution >= 4 is 16.9 Å². The van der Waals surface area contributed by atoms with Crippen molar-refractivity contribution in [3.8, 4) is 0 Å². The minimum atomic E-state index is -0.581. The van der Waals surface area contributed by atoms with Gasteiger partial charge in [-0.1, -0.05) is 13.8 Å². The number of carbonyl (C=O) groups is 1. The molecule has 3 heterocycles. The summed E-state index contributed by atoms with van der Waals surface area (Å²) in [4.78, 5) is 46.3. The number of morpholine rings is 1. The van der Waals surface area contributed by atoms with Crippen LogP contribution in [-0.4, -0.2) is 51.1 Å². The first-order valence-corrected chi connectivity index (χ1v) is 8.92. The largest absolute Gasteiger partial charge is 0.375 e. The van der Waals surface area contributed by atoms with E-state index < -0.39 is 11.2 Å². The lowest BCUT2D eigenvalue weighted by Gasteiger charge is -2.31. The Morgan fingerprint density at radius 1 is 1.42 bits per heavy atom. The van der Waals surface area contributed by atoms with Crippen LogP contribution < -0.4 is 11.2 Å². The van der Waals surface area contributed by atoms with Gasteiger partial charge in [0.25, 0.3) is 11.5 Å². The molecule has 1 aliphatic rings. The van der Waals surface area contributed by atoms with Gasteiger partial charge in [-0.25, -0.2) is 9.78 Å². The third-order valence-electron chi connectivity index (χ3n) is 4.63. The Labute approximate surface area is 150 Å². The molecule has 8 nitrogen and oxygen atoms in total. The standard InChI is InChI=1S/C18H24N4O4/c1-5-22-15-14(16(23)20-18(22)25)12(8-13(19-15)10(2)3)17(24)21-6-7-26-11(4)9-21/h8,10-11H,5-7,9H2,1-4H3,(H,20,23,25)/t11-/m0/s1. The molecule has 26 heavy (non-hydrogen) atoms. The highest BCUT2D eigenvalue weighted by atomic mass is 16.5. The second kappa shape index (κ2) is 7.03. The van der Waals surface area contributed by atoms with Gasteiger partial charge < -0.3 is 9.64 Å². The smallest absolute Gasteiger partial charge is 0.329 e. The number of nitrogens with one attached hydrogen (secondary N) is 1. The van der Waals surface area contributed by atoms with Gasteiger partial charge in [-0.2, -0.15) is 0 Å². The summed E-state index contributed by atoms with van der Waals surface area (Å²) in [5.41, 5.74) is 0.127. The third-order valence-corrected chi connectivity index (χ3v) is 4.63. The Morgan fingerprint density at radius 3 is 2.77 bits per heavy atom. The van der Waals surface area contributed by atoms with Gasteiger partial charge in [0.05, 0.1) is 23.7 Å². The van der Waals surface area contributed by atoms with E-state index in [-0.39, 0.29) is 34.5 Å². The number of H-pyrrole nitrogens is 1. The number of fused-ring (bicyclic) bond motifs is 1. The number of nitrogens with zero attached hydrogens (tertiary/aromatic N) is 3. The third kappa shape index (κ3) is 3.16. The van der Waals surface area contributed by atoms with E-state index in [0.29, 0.717) is 31.9 Å². The Morgan fingerprint density at radius 2 is 2.15 bits per heavy atom. The van der Waals surface area contributed by atoms with E-state index in [2.05, 4.69) is 9.97 Å². The average Bonchev–Trinajstić information content (AvgIpc) is 2.60. The Hall–Kier alpha value is -2.48. The maximum atomic E-state index is 13.2. The number of aromatic nitrogens is 3. The van der Waals surface area contributed by atoms with E-state index in [1.165, 1.54) is 4.57 Å². The van der Waals surface area contributed by atoms with Crippen LogP contribution >= 0.6 is 0 Å². The summed E-state index contributed by atoms with van der Waals surface area (Å²) >= 11 is 0. The molecule has 0 unspecified atom stereocenters. The van der Waals surface area contributed by atoms with Gasteiger partial charge in [0.2, 0.25) is 0 Å². The summed E-state index contributed by atoms with van der Waals surface area (Å²) in [7, 11) is 0. The predicted octanol–water partition coefficient (Wildman–Crippen LogP) is 1.09. The van der Waals surface area contributed by atoms with E-state index in [1.807, 2.05) is 20.8 Å². The molecule has 1 aliphatic heterocycles. The highest BCUT2D eigenvalue weighted by molar-refractivity contribution is 6.05. The zero-order valence-corrected chi connectivity index (χ0v) is 15.5. The molecule has 140 valence electrons. The van der Waals surface area contributed by atoms with E-state index in [9.17, 15) is 14.4 Å². The van der Waals surface area contributed by atoms with E-state index in [0.717, 1.165) is 0 Å². The van der Waals surface area contributed by atoms with Crippen molar-refractivity contribution in [3.05, 3.63) is 38.2 Å². The summed E-state index contributed by atoms with van der Waals surface area (Å²) in [6.45, 7) is 9.37. The molecule has 3 rings (SSSR count). The maximum Gasteiger partial charge on any atom is 0.329 e. The minimum Gasteiger partial charge on any atom is -0.375 e. The lowest BCUT2D eigenvalue weighted by Crippen LogP contribution is -2.45. The van der Waals surface area contributed by atoms with Gasteiger partial charge in [-0.05, 0) is 25.8 Å². The first-order chi connectivity index (χ1) is 12.3. The SMILES string of the molecule is CCn1c(=O)[nH]c(=O)c2c(C(=O)N3CCO[C@@H](C)C3)cc(C(C)C)nc21. The molecule has 0 spiro atoms. The first-order valence-electron chi connectivity index (χ1n) is 8.92. The molecule has 0 aromatic carbocycles. The molecule has 0 saturated carbocycles. The van der Waals surface area contributed by atoms with Crippen molar-refractivity contribution in [1.82, 2.24) is 19.4 Å². The van der Waals surface area contributed by atoms with Gasteiger partial charge in [0.1, 0.15) is 0 Å². The summed E-state index contributed by atoms with van der Waals surface area (Å²) in [5, 5.41) is 0.167. The molecular weight excluding hydrogens is 336 g/mol. The first kappa shape index (κ1) is 18.3. The number of hydrogen-bond acceptors (Lipinski definition) is 5. The minimum absolute atomic E-state index is 0.0502. The summed E-state index contributed by atoms with van der Waals surface area (Å²) in [6.07, 6.45) is -0.0579. The Balaban J connectivity index is 2.28. The fraction of sp³-hybridized carbons (Fsp3) is 0.556. The number of aryl methyl sites for hydroxylation is 1. The maximum absolute atomic E-state index is 13.2. The molecule has 1 amide bonds. The molecule has 1 N–H and O–H groups in total. The second-order valence-corrected chi connectivity index (χ2v) is 6.88. The van der Waals surface area contributed by atoms with Crippen LogP contribution in [0.4, 0.5) is 0 Å². The van der Waals surface area contributed by atoms with Crippen LogP contribution in [0.3, 0.4) is 0 Å². The number of rotatable bonds is 3. The molecular formula is C18H24N4O4. The molecule has 2 aromatic heterocycles. The number of pyridine rings is 1. The molecule has 0 radical (unpaired) electrons. The predicted molar refractivity (Wildman–Crippen MR) is 97.7 cm³/mol. The van der Waals surface area contributed by atoms with Gasteiger partial charge in [-0.3, -0.25) is 19.1 Å². The summed E-state index contributed by atoms with van der Waals surface area (Å²) < 4.78 is 6.89. The van der Waals surface area contributed by atoms with Crippen LogP contribution in [0, 0.1) is 0 Å². The molecule has 1 fully saturated rings. The fourth-order valence-electron chi connectivity index (χ4n) is 3.22. The second-order valence-electron chi connectivity index (χ2n) is 6.88. The van der Waals surface area contributed by atoms with Crippen molar-refractivity contribution in [2.45, 2.75) is 46.3 Å². The Kier molecular flexibility index (Phi) is 4.95. The number of carbonyl (C=O) groups excluding carboxylic acids is 1. The van der Waals surface area contributed by atoms with Crippen LogP contribution in [0.1, 0.15) is 49.7 Å². The number of aromatic amines is 1. The van der Waals surface area contributed by atoms with Crippen molar-refractivity contribution in [2.75, 3.05) is 19.7 Å². The van der Waals surface area contributed by atoms with E-state index in [1.54, 1.807) is 17.9 Å². The van der Waals surface area contributed by atoms with Crippen molar-refractivity contribution in [3.63, 3.8) is 0 Å². The quantitative estimate of drug-likeness (QED) is 0.884. The monoisotopic (exact) mass is 360 g/mol. The summed E-state index contributed by atoms with van der Waals surface area (Å²) in [5.74, 6) is -0.185.